The topological polar surface area (TPSA) is 32.3 Å². The van der Waals surface area contributed by atoms with Crippen LogP contribution in [0.4, 0.5) is 8.78 Å². The van der Waals surface area contributed by atoms with E-state index < -0.39 is 17.7 Å². The van der Waals surface area contributed by atoms with Crippen LogP contribution < -0.4 is 5.32 Å². The third kappa shape index (κ3) is 4.79. The summed E-state index contributed by atoms with van der Waals surface area (Å²) in [6, 6.07) is 3.47. The summed E-state index contributed by atoms with van der Waals surface area (Å²) in [6.07, 6.45) is -0.317. The Hall–Kier alpha value is -1.00. The largest absolute Gasteiger partial charge is 0.388 e. The average Bonchev–Trinajstić information content (AvgIpc) is 2.20. The third-order valence-electron chi connectivity index (χ3n) is 2.40. The zero-order valence-electron chi connectivity index (χ0n) is 10.4. The van der Waals surface area contributed by atoms with E-state index >= 15 is 0 Å². The van der Waals surface area contributed by atoms with Gasteiger partial charge >= 0.3 is 0 Å². The van der Waals surface area contributed by atoms with Gasteiger partial charge in [-0.25, -0.2) is 8.78 Å². The highest BCUT2D eigenvalue weighted by Crippen LogP contribution is 2.18. The van der Waals surface area contributed by atoms with Gasteiger partial charge in [-0.3, -0.25) is 0 Å². The molecule has 17 heavy (non-hydrogen) atoms. The molecule has 0 amide bonds. The molecule has 96 valence electrons. The lowest BCUT2D eigenvalue weighted by atomic mass is 10.0. The van der Waals surface area contributed by atoms with Crippen molar-refractivity contribution in [2.75, 3.05) is 6.54 Å². The van der Waals surface area contributed by atoms with Gasteiger partial charge < -0.3 is 10.4 Å². The van der Waals surface area contributed by atoms with Gasteiger partial charge in [0.1, 0.15) is 0 Å². The first-order valence-electron chi connectivity index (χ1n) is 5.67. The Morgan fingerprint density at radius 1 is 1.24 bits per heavy atom. The normalized spacial score (nSPS) is 13.8. The summed E-state index contributed by atoms with van der Waals surface area (Å²) >= 11 is 0. The van der Waals surface area contributed by atoms with Crippen molar-refractivity contribution in [1.29, 1.82) is 0 Å². The number of hydrogen-bond acceptors (Lipinski definition) is 2. The van der Waals surface area contributed by atoms with Crippen molar-refractivity contribution in [1.82, 2.24) is 5.32 Å². The van der Waals surface area contributed by atoms with Crippen molar-refractivity contribution in [3.8, 4) is 0 Å². The van der Waals surface area contributed by atoms with Crippen LogP contribution in [0.5, 0.6) is 0 Å². The molecular formula is C13H19F2NO. The quantitative estimate of drug-likeness (QED) is 0.852. The van der Waals surface area contributed by atoms with E-state index in [1.165, 1.54) is 6.07 Å². The van der Waals surface area contributed by atoms with Crippen molar-refractivity contribution < 1.29 is 13.9 Å². The predicted molar refractivity (Wildman–Crippen MR) is 63.7 cm³/mol. The summed E-state index contributed by atoms with van der Waals surface area (Å²) in [6.45, 7) is 6.69. The molecule has 0 fully saturated rings. The monoisotopic (exact) mass is 243 g/mol. The van der Waals surface area contributed by atoms with Gasteiger partial charge in [-0.05, 0) is 51.4 Å². The molecule has 0 aliphatic heterocycles. The molecule has 2 N–H and O–H groups in total. The van der Waals surface area contributed by atoms with Crippen LogP contribution in [0.3, 0.4) is 0 Å². The van der Waals surface area contributed by atoms with Crippen molar-refractivity contribution in [3.63, 3.8) is 0 Å². The minimum atomic E-state index is -0.926. The lowest BCUT2D eigenvalue weighted by Gasteiger charge is -2.21. The molecule has 0 saturated heterocycles. The molecule has 1 aromatic rings. The Morgan fingerprint density at radius 3 is 2.41 bits per heavy atom. The molecule has 1 aromatic carbocycles. The van der Waals surface area contributed by atoms with E-state index in [2.05, 4.69) is 5.32 Å². The van der Waals surface area contributed by atoms with Gasteiger partial charge in [-0.2, -0.15) is 0 Å². The molecule has 4 heteroatoms. The van der Waals surface area contributed by atoms with E-state index in [4.69, 9.17) is 0 Å². The highest BCUT2D eigenvalue weighted by molar-refractivity contribution is 5.19. The second-order valence-electron chi connectivity index (χ2n) is 5.15. The molecule has 0 aliphatic carbocycles. The highest BCUT2D eigenvalue weighted by atomic mass is 19.2. The fourth-order valence-electron chi connectivity index (χ4n) is 1.47. The van der Waals surface area contributed by atoms with Crippen LogP contribution in [-0.2, 0) is 0 Å². The first kappa shape index (κ1) is 14.1. The number of aliphatic hydroxyl groups excluding tert-OH is 1. The summed E-state index contributed by atoms with van der Waals surface area (Å²) < 4.78 is 25.7. The van der Waals surface area contributed by atoms with Crippen LogP contribution in [-0.4, -0.2) is 17.2 Å². The fourth-order valence-corrected chi connectivity index (χ4v) is 1.47. The lowest BCUT2D eigenvalue weighted by molar-refractivity contribution is 0.163. The Bertz CT molecular complexity index is 374. The van der Waals surface area contributed by atoms with E-state index in [1.807, 2.05) is 20.8 Å². The number of benzene rings is 1. The predicted octanol–water partition coefficient (Wildman–Crippen LogP) is 2.78. The average molecular weight is 243 g/mol. The Kier molecular flexibility index (Phi) is 4.60. The van der Waals surface area contributed by atoms with Crippen molar-refractivity contribution in [3.05, 3.63) is 35.4 Å². The Labute approximate surface area is 101 Å². The molecule has 0 aromatic heterocycles. The summed E-state index contributed by atoms with van der Waals surface area (Å²) in [5, 5.41) is 13.0. The standard InChI is InChI=1S/C13H19F2NO/c1-13(2,3)16-7-6-12(17)9-4-5-10(14)11(15)8-9/h4-5,8,12,16-17H,6-7H2,1-3H3. The van der Waals surface area contributed by atoms with Crippen LogP contribution in [0, 0.1) is 11.6 Å². The highest BCUT2D eigenvalue weighted by Gasteiger charge is 2.13. The van der Waals surface area contributed by atoms with Crippen LogP contribution in [0.1, 0.15) is 38.9 Å². The number of hydrogen-bond donors (Lipinski definition) is 2. The summed E-state index contributed by atoms with van der Waals surface area (Å²) in [5.41, 5.74) is 0.382. The Balaban J connectivity index is 2.52. The van der Waals surface area contributed by atoms with Crippen LogP contribution in [0.25, 0.3) is 0 Å². The molecule has 1 atom stereocenters. The van der Waals surface area contributed by atoms with Gasteiger partial charge in [0.2, 0.25) is 0 Å². The van der Waals surface area contributed by atoms with Crippen molar-refractivity contribution in [2.45, 2.75) is 38.8 Å². The minimum Gasteiger partial charge on any atom is -0.388 e. The molecule has 1 unspecified atom stereocenters. The van der Waals surface area contributed by atoms with Crippen LogP contribution in [0.2, 0.25) is 0 Å². The molecule has 0 heterocycles. The summed E-state index contributed by atoms with van der Waals surface area (Å²) in [5.74, 6) is -1.82. The van der Waals surface area contributed by atoms with E-state index in [0.29, 0.717) is 18.5 Å². The maximum Gasteiger partial charge on any atom is 0.159 e. The van der Waals surface area contributed by atoms with Crippen LogP contribution in [0.15, 0.2) is 18.2 Å². The van der Waals surface area contributed by atoms with Gasteiger partial charge in [0, 0.05) is 5.54 Å². The second kappa shape index (κ2) is 5.56. The van der Waals surface area contributed by atoms with Gasteiger partial charge in [-0.15, -0.1) is 0 Å². The smallest absolute Gasteiger partial charge is 0.159 e. The zero-order chi connectivity index (χ0) is 13.1. The molecule has 0 saturated carbocycles. The fraction of sp³-hybridized carbons (Fsp3) is 0.538. The van der Waals surface area contributed by atoms with E-state index in [0.717, 1.165) is 12.1 Å². The van der Waals surface area contributed by atoms with Crippen LogP contribution >= 0.6 is 0 Å². The maximum atomic E-state index is 12.9. The molecule has 0 spiro atoms. The van der Waals surface area contributed by atoms with Crippen molar-refractivity contribution >= 4 is 0 Å². The molecule has 0 aliphatic rings. The SMILES string of the molecule is CC(C)(C)NCCC(O)c1ccc(F)c(F)c1. The summed E-state index contributed by atoms with van der Waals surface area (Å²) in [4.78, 5) is 0. The zero-order valence-corrected chi connectivity index (χ0v) is 10.4. The molecule has 0 radical (unpaired) electrons. The van der Waals surface area contributed by atoms with E-state index in [-0.39, 0.29) is 5.54 Å². The number of aliphatic hydroxyl groups is 1. The molecular weight excluding hydrogens is 224 g/mol. The molecule has 1 rings (SSSR count). The second-order valence-corrected chi connectivity index (χ2v) is 5.15. The van der Waals surface area contributed by atoms with Gasteiger partial charge in [-0.1, -0.05) is 6.07 Å². The van der Waals surface area contributed by atoms with Crippen molar-refractivity contribution in [2.24, 2.45) is 0 Å². The number of halogens is 2. The van der Waals surface area contributed by atoms with Gasteiger partial charge in [0.25, 0.3) is 0 Å². The first-order valence-corrected chi connectivity index (χ1v) is 5.67. The Morgan fingerprint density at radius 2 is 1.88 bits per heavy atom. The lowest BCUT2D eigenvalue weighted by Crippen LogP contribution is -2.36. The summed E-state index contributed by atoms with van der Waals surface area (Å²) in [7, 11) is 0. The van der Waals surface area contributed by atoms with E-state index in [9.17, 15) is 13.9 Å². The third-order valence-corrected chi connectivity index (χ3v) is 2.40. The minimum absolute atomic E-state index is 0.0201. The first-order chi connectivity index (χ1) is 7.79. The molecule has 0 bridgehead atoms. The van der Waals surface area contributed by atoms with Gasteiger partial charge in [0.05, 0.1) is 6.10 Å². The van der Waals surface area contributed by atoms with Gasteiger partial charge in [0.15, 0.2) is 11.6 Å². The number of rotatable bonds is 4. The molecule has 2 nitrogen and oxygen atoms in total. The number of nitrogens with one attached hydrogen (secondary N) is 1. The maximum absolute atomic E-state index is 12.9. The van der Waals surface area contributed by atoms with E-state index in [1.54, 1.807) is 0 Å².